The average Bonchev–Trinajstić information content (AvgIpc) is 2.41. The molecule has 0 heterocycles. The van der Waals surface area contributed by atoms with Crippen molar-refractivity contribution in [3.05, 3.63) is 46.0 Å². The van der Waals surface area contributed by atoms with Crippen LogP contribution in [0.4, 0.5) is 0 Å². The Morgan fingerprint density at radius 1 is 1.10 bits per heavy atom. The van der Waals surface area contributed by atoms with Gasteiger partial charge in [-0.25, -0.2) is 0 Å². The first kappa shape index (κ1) is 14.0. The molecular weight excluding hydrogens is 260 g/mol. The fourth-order valence-corrected chi connectivity index (χ4v) is 3.26. The first-order valence-electron chi connectivity index (χ1n) is 7.47. The zero-order chi connectivity index (χ0) is 15.4. The molecule has 2 nitrogen and oxygen atoms in total. The number of hydrogen-bond acceptors (Lipinski definition) is 2. The second-order valence-electron chi connectivity index (χ2n) is 6.89. The molecule has 0 radical (unpaired) electrons. The second-order valence-corrected chi connectivity index (χ2v) is 6.89. The lowest BCUT2D eigenvalue weighted by Gasteiger charge is -2.31. The number of Topliss-reactive ketones (excluding diaryl/α,β-unsaturated/α-hetero) is 2. The van der Waals surface area contributed by atoms with Gasteiger partial charge in [-0.3, -0.25) is 9.59 Å². The summed E-state index contributed by atoms with van der Waals surface area (Å²) in [6.07, 6.45) is 6.94. The highest BCUT2D eigenvalue weighted by atomic mass is 16.2. The third-order valence-electron chi connectivity index (χ3n) is 4.55. The van der Waals surface area contributed by atoms with Gasteiger partial charge in [-0.15, -0.1) is 0 Å². The molecule has 0 unspecified atom stereocenters. The third kappa shape index (κ3) is 2.01. The van der Waals surface area contributed by atoms with E-state index in [1.165, 1.54) is 0 Å². The number of hydrogen-bond donors (Lipinski definition) is 0. The van der Waals surface area contributed by atoms with Crippen LogP contribution in [-0.2, 0) is 10.2 Å². The molecule has 2 aliphatic carbocycles. The zero-order valence-corrected chi connectivity index (χ0v) is 13.0. The fraction of sp³-hybridized carbons (Fsp3) is 0.368. The van der Waals surface area contributed by atoms with Gasteiger partial charge >= 0.3 is 0 Å². The number of allylic oxidation sites excluding steroid dienone is 2. The molecule has 0 atom stereocenters. The summed E-state index contributed by atoms with van der Waals surface area (Å²) in [5, 5.41) is 0. The molecule has 2 heteroatoms. The minimum absolute atomic E-state index is 0.00444. The van der Waals surface area contributed by atoms with E-state index in [4.69, 9.17) is 0 Å². The van der Waals surface area contributed by atoms with Crippen LogP contribution in [0.15, 0.2) is 23.8 Å². The Hall–Kier alpha value is -1.96. The maximum Gasteiger partial charge on any atom is 0.234 e. The Balaban J connectivity index is 2.29. The van der Waals surface area contributed by atoms with E-state index in [1.54, 1.807) is 0 Å². The van der Waals surface area contributed by atoms with Crippen molar-refractivity contribution in [3.63, 3.8) is 0 Å². The molecular formula is C19H20O2. The van der Waals surface area contributed by atoms with E-state index in [0.717, 1.165) is 23.1 Å². The van der Waals surface area contributed by atoms with Crippen molar-refractivity contribution < 1.29 is 9.59 Å². The molecule has 0 N–H and O–H groups in total. The molecule has 0 aliphatic heterocycles. The molecule has 108 valence electrons. The van der Waals surface area contributed by atoms with Gasteiger partial charge in [0.2, 0.25) is 11.6 Å². The average molecular weight is 280 g/mol. The van der Waals surface area contributed by atoms with Crippen LogP contribution in [-0.4, -0.2) is 11.6 Å². The Labute approximate surface area is 125 Å². The minimum Gasteiger partial charge on any atom is -0.285 e. The predicted molar refractivity (Wildman–Crippen MR) is 85.3 cm³/mol. The molecule has 3 rings (SSSR count). The van der Waals surface area contributed by atoms with E-state index < -0.39 is 0 Å². The highest BCUT2D eigenvalue weighted by Crippen LogP contribution is 2.39. The zero-order valence-electron chi connectivity index (χ0n) is 13.0. The first-order chi connectivity index (χ1) is 9.83. The van der Waals surface area contributed by atoms with Crippen LogP contribution in [0.3, 0.4) is 0 Å². The third-order valence-corrected chi connectivity index (χ3v) is 4.55. The lowest BCUT2D eigenvalue weighted by molar-refractivity contribution is -0.112. The van der Waals surface area contributed by atoms with Gasteiger partial charge in [-0.1, -0.05) is 52.0 Å². The van der Waals surface area contributed by atoms with E-state index >= 15 is 0 Å². The van der Waals surface area contributed by atoms with Crippen molar-refractivity contribution in [1.82, 2.24) is 0 Å². The summed E-state index contributed by atoms with van der Waals surface area (Å²) in [7, 11) is 0. The van der Waals surface area contributed by atoms with Gasteiger partial charge in [0.25, 0.3) is 0 Å². The summed E-state index contributed by atoms with van der Waals surface area (Å²) in [5.74, 6) is -0.629. The Morgan fingerprint density at radius 2 is 1.81 bits per heavy atom. The highest BCUT2D eigenvalue weighted by molar-refractivity contribution is 6.52. The fourth-order valence-electron chi connectivity index (χ4n) is 3.26. The molecule has 0 saturated heterocycles. The number of rotatable bonds is 1. The van der Waals surface area contributed by atoms with Gasteiger partial charge in [0.1, 0.15) is 0 Å². The molecule has 21 heavy (non-hydrogen) atoms. The van der Waals surface area contributed by atoms with Gasteiger partial charge in [0, 0.05) is 11.1 Å². The largest absolute Gasteiger partial charge is 0.285 e. The second kappa shape index (κ2) is 4.52. The van der Waals surface area contributed by atoms with Crippen molar-refractivity contribution in [3.8, 4) is 0 Å². The van der Waals surface area contributed by atoms with Gasteiger partial charge in [0.05, 0.1) is 0 Å². The summed E-state index contributed by atoms with van der Waals surface area (Å²) < 4.78 is 0. The van der Waals surface area contributed by atoms with Crippen LogP contribution in [0, 0.1) is 5.92 Å². The molecule has 1 aromatic rings. The van der Waals surface area contributed by atoms with Crippen LogP contribution in [0.25, 0.3) is 12.2 Å². The van der Waals surface area contributed by atoms with Crippen LogP contribution >= 0.6 is 0 Å². The van der Waals surface area contributed by atoms with Crippen molar-refractivity contribution in [2.24, 2.45) is 5.92 Å². The van der Waals surface area contributed by atoms with Crippen molar-refractivity contribution in [1.29, 1.82) is 0 Å². The van der Waals surface area contributed by atoms with Crippen LogP contribution in [0.1, 0.15) is 61.2 Å². The summed E-state index contributed by atoms with van der Waals surface area (Å²) in [4.78, 5) is 24.9. The molecule has 0 spiro atoms. The molecule has 0 bridgehead atoms. The van der Waals surface area contributed by atoms with Crippen molar-refractivity contribution in [2.45, 2.75) is 39.5 Å². The van der Waals surface area contributed by atoms with Crippen LogP contribution in [0.5, 0.6) is 0 Å². The maximum atomic E-state index is 12.6. The maximum absolute atomic E-state index is 12.6. The number of carbonyl (C=O) groups excluding carboxylic acids is 2. The SMILES string of the molecule is CC(C)C1=Cc2ccc3c(c2C(=O)C1=O)C=CCC3(C)C. The Kier molecular flexibility index (Phi) is 3.01. The summed E-state index contributed by atoms with van der Waals surface area (Å²) in [5.41, 5.74) is 4.18. The smallest absolute Gasteiger partial charge is 0.234 e. The number of benzene rings is 1. The van der Waals surface area contributed by atoms with E-state index in [1.807, 2.05) is 32.1 Å². The summed E-state index contributed by atoms with van der Waals surface area (Å²) >= 11 is 0. The Bertz CT molecular complexity index is 715. The number of carbonyl (C=O) groups is 2. The number of ketones is 2. The molecule has 0 aromatic heterocycles. The standard InChI is InChI=1S/C19H20O2/c1-11(2)14-10-12-7-8-15-13(6-5-9-19(15,3)4)16(12)18(21)17(14)20/h5-8,10-11H,9H2,1-4H3. The van der Waals surface area contributed by atoms with E-state index in [0.29, 0.717) is 11.1 Å². The molecule has 1 aromatic carbocycles. The van der Waals surface area contributed by atoms with E-state index in [-0.39, 0.29) is 22.9 Å². The predicted octanol–water partition coefficient (Wildman–Crippen LogP) is 4.19. The quantitative estimate of drug-likeness (QED) is 0.723. The van der Waals surface area contributed by atoms with Crippen molar-refractivity contribution >= 4 is 23.7 Å². The van der Waals surface area contributed by atoms with Gasteiger partial charge in [-0.2, -0.15) is 0 Å². The molecule has 2 aliphatic rings. The highest BCUT2D eigenvalue weighted by Gasteiger charge is 2.34. The summed E-state index contributed by atoms with van der Waals surface area (Å²) in [6.45, 7) is 8.24. The molecule has 0 saturated carbocycles. The lowest BCUT2D eigenvalue weighted by Crippen LogP contribution is -2.28. The monoisotopic (exact) mass is 280 g/mol. The molecule has 0 amide bonds. The van der Waals surface area contributed by atoms with Gasteiger partial charge in [0.15, 0.2) is 0 Å². The van der Waals surface area contributed by atoms with E-state index in [2.05, 4.69) is 26.0 Å². The summed E-state index contributed by atoms with van der Waals surface area (Å²) in [6, 6.07) is 4.09. The molecule has 0 fully saturated rings. The normalized spacial score (nSPS) is 19.4. The first-order valence-corrected chi connectivity index (χ1v) is 7.47. The van der Waals surface area contributed by atoms with Crippen LogP contribution in [0.2, 0.25) is 0 Å². The van der Waals surface area contributed by atoms with E-state index in [9.17, 15) is 9.59 Å². The van der Waals surface area contributed by atoms with Gasteiger partial charge < -0.3 is 0 Å². The Morgan fingerprint density at radius 3 is 2.48 bits per heavy atom. The topological polar surface area (TPSA) is 34.1 Å². The minimum atomic E-state index is -0.351. The lowest BCUT2D eigenvalue weighted by atomic mass is 9.72. The number of fused-ring (bicyclic) bond motifs is 3. The van der Waals surface area contributed by atoms with Crippen molar-refractivity contribution in [2.75, 3.05) is 0 Å². The van der Waals surface area contributed by atoms with Crippen LogP contribution < -0.4 is 0 Å². The van der Waals surface area contributed by atoms with Gasteiger partial charge in [-0.05, 0) is 40.5 Å².